The molecule has 0 fully saturated rings. The van der Waals surface area contributed by atoms with Gasteiger partial charge in [0.1, 0.15) is 18.2 Å². The van der Waals surface area contributed by atoms with E-state index in [0.29, 0.717) is 6.42 Å². The summed E-state index contributed by atoms with van der Waals surface area (Å²) in [6, 6.07) is 16.2. The van der Waals surface area contributed by atoms with Gasteiger partial charge in [-0.2, -0.15) is 0 Å². The molecule has 0 heterocycles. The Morgan fingerprint density at radius 1 is 0.926 bits per heavy atom. The fourth-order valence-electron chi connectivity index (χ4n) is 2.51. The van der Waals surface area contributed by atoms with Gasteiger partial charge in [-0.1, -0.05) is 54.6 Å². The maximum absolute atomic E-state index is 12.1. The fourth-order valence-corrected chi connectivity index (χ4v) is 2.51. The molecule has 2 aromatic carbocycles. The maximum atomic E-state index is 12.1. The van der Waals surface area contributed by atoms with Gasteiger partial charge in [-0.3, -0.25) is 9.59 Å². The van der Waals surface area contributed by atoms with Crippen molar-refractivity contribution in [3.8, 4) is 0 Å². The third-order valence-electron chi connectivity index (χ3n) is 3.77. The van der Waals surface area contributed by atoms with Crippen LogP contribution in [0.25, 0.3) is 0 Å². The van der Waals surface area contributed by atoms with Crippen molar-refractivity contribution in [1.82, 2.24) is 0 Å². The van der Waals surface area contributed by atoms with E-state index in [1.54, 1.807) is 0 Å². The zero-order valence-electron chi connectivity index (χ0n) is 16.1. The van der Waals surface area contributed by atoms with Crippen LogP contribution in [0.15, 0.2) is 54.6 Å². The van der Waals surface area contributed by atoms with Crippen LogP contribution in [0, 0.1) is 0 Å². The lowest BCUT2D eigenvalue weighted by Crippen LogP contribution is -2.34. The van der Waals surface area contributed by atoms with Gasteiger partial charge in [0, 0.05) is 0 Å². The van der Waals surface area contributed by atoms with Crippen LogP contribution in [0.2, 0.25) is 0 Å². The first-order valence-corrected chi connectivity index (χ1v) is 8.99. The van der Waals surface area contributed by atoms with Crippen LogP contribution >= 0.6 is 0 Å². The van der Waals surface area contributed by atoms with E-state index in [4.69, 9.17) is 15.2 Å². The van der Waals surface area contributed by atoms with Crippen molar-refractivity contribution in [1.29, 1.82) is 0 Å². The molecule has 27 heavy (non-hydrogen) atoms. The fraction of sp³-hybridized carbons (Fsp3) is 0.364. The molecule has 0 saturated heterocycles. The lowest BCUT2D eigenvalue weighted by atomic mass is 10.0. The normalized spacial score (nSPS) is 12.3. The topological polar surface area (TPSA) is 78.6 Å². The third kappa shape index (κ3) is 7.62. The zero-order chi connectivity index (χ0) is 19.9. The smallest absolute Gasteiger partial charge is 0.323 e. The number of carbonyl (C=O) groups excluding carboxylic acids is 2. The molecule has 2 rings (SSSR count). The monoisotopic (exact) mass is 369 g/mol. The van der Waals surface area contributed by atoms with Gasteiger partial charge >= 0.3 is 11.9 Å². The molecule has 0 bridgehead atoms. The Balaban J connectivity index is 1.82. The Hall–Kier alpha value is -2.66. The Morgan fingerprint density at radius 2 is 1.52 bits per heavy atom. The van der Waals surface area contributed by atoms with Crippen LogP contribution in [0.5, 0.6) is 0 Å². The van der Waals surface area contributed by atoms with Crippen LogP contribution in [0.1, 0.15) is 37.5 Å². The van der Waals surface area contributed by atoms with E-state index in [1.807, 2.05) is 75.4 Å². The minimum absolute atomic E-state index is 0.211. The van der Waals surface area contributed by atoms with Crippen molar-refractivity contribution < 1.29 is 19.1 Å². The second kappa shape index (κ2) is 9.33. The molecule has 144 valence electrons. The van der Waals surface area contributed by atoms with Gasteiger partial charge in [-0.25, -0.2) is 0 Å². The predicted molar refractivity (Wildman–Crippen MR) is 104 cm³/mol. The zero-order valence-corrected chi connectivity index (χ0v) is 16.1. The van der Waals surface area contributed by atoms with E-state index in [0.717, 1.165) is 16.7 Å². The largest absolute Gasteiger partial charge is 0.460 e. The predicted octanol–water partition coefficient (Wildman–Crippen LogP) is 3.18. The number of benzene rings is 2. The molecule has 5 heteroatoms. The summed E-state index contributed by atoms with van der Waals surface area (Å²) < 4.78 is 10.6. The first-order valence-electron chi connectivity index (χ1n) is 8.99. The van der Waals surface area contributed by atoms with Gasteiger partial charge in [0.2, 0.25) is 0 Å². The number of esters is 2. The summed E-state index contributed by atoms with van der Waals surface area (Å²) in [7, 11) is 0. The Kier molecular flexibility index (Phi) is 7.13. The second-order valence-electron chi connectivity index (χ2n) is 7.48. The first kappa shape index (κ1) is 20.6. The van der Waals surface area contributed by atoms with Crippen LogP contribution in [-0.4, -0.2) is 23.6 Å². The third-order valence-corrected chi connectivity index (χ3v) is 3.77. The number of ether oxygens (including phenoxy) is 2. The average Bonchev–Trinajstić information content (AvgIpc) is 2.60. The number of nitrogens with two attached hydrogens (primary N) is 1. The van der Waals surface area contributed by atoms with Gasteiger partial charge in [-0.05, 0) is 43.9 Å². The van der Waals surface area contributed by atoms with Crippen molar-refractivity contribution in [2.24, 2.45) is 5.73 Å². The standard InChI is InChI=1S/C22H27NO4/c1-22(2,3)27-20(24)14-17-11-9-16(10-12-17)13-19(23)21(25)26-15-18-7-5-4-6-8-18/h4-12,19H,13-15,23H2,1-3H3/t19-/m0/s1. The van der Waals surface area contributed by atoms with E-state index in [-0.39, 0.29) is 19.0 Å². The molecule has 0 spiro atoms. The Bertz CT molecular complexity index is 748. The van der Waals surface area contributed by atoms with Crippen molar-refractivity contribution >= 4 is 11.9 Å². The molecule has 0 radical (unpaired) electrons. The maximum Gasteiger partial charge on any atom is 0.323 e. The van der Waals surface area contributed by atoms with Crippen LogP contribution in [0.4, 0.5) is 0 Å². The molecule has 2 aromatic rings. The van der Waals surface area contributed by atoms with E-state index in [9.17, 15) is 9.59 Å². The van der Waals surface area contributed by atoms with E-state index in [2.05, 4.69) is 0 Å². The molecule has 2 N–H and O–H groups in total. The van der Waals surface area contributed by atoms with Gasteiger partial charge in [0.15, 0.2) is 0 Å². The lowest BCUT2D eigenvalue weighted by molar-refractivity contribution is -0.154. The van der Waals surface area contributed by atoms with E-state index in [1.165, 1.54) is 0 Å². The summed E-state index contributed by atoms with van der Waals surface area (Å²) in [4.78, 5) is 23.9. The minimum atomic E-state index is -0.731. The van der Waals surface area contributed by atoms with Gasteiger partial charge < -0.3 is 15.2 Å². The van der Waals surface area contributed by atoms with Crippen LogP contribution < -0.4 is 5.73 Å². The number of rotatable bonds is 7. The Morgan fingerprint density at radius 3 is 2.11 bits per heavy atom. The molecule has 0 aliphatic rings. The van der Waals surface area contributed by atoms with Crippen LogP contribution in [0.3, 0.4) is 0 Å². The summed E-state index contributed by atoms with van der Waals surface area (Å²) in [6.45, 7) is 5.73. The van der Waals surface area contributed by atoms with Crippen molar-refractivity contribution in [3.05, 3.63) is 71.3 Å². The highest BCUT2D eigenvalue weighted by Crippen LogP contribution is 2.12. The van der Waals surface area contributed by atoms with Crippen molar-refractivity contribution in [2.45, 2.75) is 51.9 Å². The highest BCUT2D eigenvalue weighted by Gasteiger charge is 2.18. The molecule has 0 aromatic heterocycles. The Labute approximate surface area is 160 Å². The molecule has 0 aliphatic carbocycles. The summed E-state index contributed by atoms with van der Waals surface area (Å²) in [6.07, 6.45) is 0.586. The lowest BCUT2D eigenvalue weighted by Gasteiger charge is -2.19. The molecular formula is C22H27NO4. The second-order valence-corrected chi connectivity index (χ2v) is 7.48. The summed E-state index contributed by atoms with van der Waals surface area (Å²) in [5.41, 5.74) is 8.14. The number of carbonyl (C=O) groups is 2. The quantitative estimate of drug-likeness (QED) is 0.759. The molecular weight excluding hydrogens is 342 g/mol. The molecule has 0 saturated carbocycles. The molecule has 0 aliphatic heterocycles. The molecule has 0 unspecified atom stereocenters. The summed E-state index contributed by atoms with van der Waals surface area (Å²) >= 11 is 0. The average molecular weight is 369 g/mol. The minimum Gasteiger partial charge on any atom is -0.460 e. The summed E-state index contributed by atoms with van der Waals surface area (Å²) in [5.74, 6) is -0.701. The van der Waals surface area contributed by atoms with Crippen molar-refractivity contribution in [3.63, 3.8) is 0 Å². The molecule has 1 atom stereocenters. The molecule has 5 nitrogen and oxygen atoms in total. The first-order chi connectivity index (χ1) is 12.7. The van der Waals surface area contributed by atoms with E-state index >= 15 is 0 Å². The highest BCUT2D eigenvalue weighted by molar-refractivity contribution is 5.76. The van der Waals surface area contributed by atoms with Crippen molar-refractivity contribution in [2.75, 3.05) is 0 Å². The summed E-state index contributed by atoms with van der Waals surface area (Å²) in [5, 5.41) is 0. The highest BCUT2D eigenvalue weighted by atomic mass is 16.6. The van der Waals surface area contributed by atoms with Gasteiger partial charge in [0.25, 0.3) is 0 Å². The molecule has 0 amide bonds. The van der Waals surface area contributed by atoms with Crippen LogP contribution in [-0.2, 0) is 38.5 Å². The number of hydrogen-bond acceptors (Lipinski definition) is 5. The van der Waals surface area contributed by atoms with Gasteiger partial charge in [-0.15, -0.1) is 0 Å². The number of hydrogen-bond donors (Lipinski definition) is 1. The van der Waals surface area contributed by atoms with Gasteiger partial charge in [0.05, 0.1) is 6.42 Å². The SMILES string of the molecule is CC(C)(C)OC(=O)Cc1ccc(C[C@H](N)C(=O)OCc2ccccc2)cc1. The van der Waals surface area contributed by atoms with E-state index < -0.39 is 17.6 Å².